The fourth-order valence-electron chi connectivity index (χ4n) is 7.67. The van der Waals surface area contributed by atoms with Crippen LogP contribution in [0.3, 0.4) is 0 Å². The Bertz CT molecular complexity index is 1770. The summed E-state index contributed by atoms with van der Waals surface area (Å²) in [6, 6.07) is -9.28. The van der Waals surface area contributed by atoms with Crippen molar-refractivity contribution in [2.45, 2.75) is 196 Å². The van der Waals surface area contributed by atoms with Crippen LogP contribution in [0.5, 0.6) is 0 Å². The molecule has 9 atom stereocenters. The largest absolute Gasteiger partial charge is 0.480 e. The van der Waals surface area contributed by atoms with Gasteiger partial charge in [0.1, 0.15) is 48.3 Å². The van der Waals surface area contributed by atoms with Crippen molar-refractivity contribution in [3.05, 3.63) is 0 Å². The summed E-state index contributed by atoms with van der Waals surface area (Å²) in [5.41, 5.74) is 22.2. The fraction of sp³-hybridized carbons (Fsp3) is 0.796. The van der Waals surface area contributed by atoms with E-state index in [9.17, 15) is 48.3 Å². The third-order valence-electron chi connectivity index (χ3n) is 11.7. The molecule has 0 aromatic rings. The van der Waals surface area contributed by atoms with Crippen molar-refractivity contribution in [1.29, 1.82) is 0 Å². The van der Waals surface area contributed by atoms with E-state index in [1.165, 1.54) is 0 Å². The molecule has 0 aliphatic rings. The lowest BCUT2D eigenvalue weighted by Crippen LogP contribution is -2.61. The van der Waals surface area contributed by atoms with Crippen molar-refractivity contribution in [3.8, 4) is 0 Å². The molecular formula is C49H93N13O10. The Morgan fingerprint density at radius 2 is 0.806 bits per heavy atom. The highest BCUT2D eigenvalue weighted by molar-refractivity contribution is 5.98. The van der Waals surface area contributed by atoms with Gasteiger partial charge in [-0.25, -0.2) is 4.79 Å². The Kier molecular flexibility index (Phi) is 32.0. The first kappa shape index (κ1) is 66.4. The summed E-state index contributed by atoms with van der Waals surface area (Å²) in [6.45, 7) is 21.8. The first-order valence-electron chi connectivity index (χ1n) is 25.7. The van der Waals surface area contributed by atoms with Crippen molar-refractivity contribution >= 4 is 59.2 Å². The molecule has 0 aromatic carbocycles. The number of unbranched alkanes of at least 4 members (excludes halogenated alkanes) is 1. The van der Waals surface area contributed by atoms with Crippen LogP contribution in [0.25, 0.3) is 0 Å². The second kappa shape index (κ2) is 34.7. The van der Waals surface area contributed by atoms with Gasteiger partial charge < -0.3 is 70.6 Å². The molecule has 0 heterocycles. The SMILES string of the molecule is CC[C@H](C)[C@H](NC(=O)[C@H](CCCN=C(N)N)NC(=O)[C@H](CC(C)C)NC(=O)CN)C(=O)N[C@@H](CC(C)C)C(=O)N[C@@H](CC(C)C)C(=O)N[C@@H](CC(C)C)C(=O)N[C@@H](CCCCN)C(=O)N[C@H](C(=O)O)C(C)C. The minimum Gasteiger partial charge on any atom is -0.480 e. The second-order valence-corrected chi connectivity index (χ2v) is 20.8. The number of aliphatic imine (C=N–C) groups is 1. The maximum Gasteiger partial charge on any atom is 0.326 e. The molecule has 0 radical (unpaired) electrons. The van der Waals surface area contributed by atoms with Crippen LogP contribution in [0.15, 0.2) is 4.99 Å². The minimum absolute atomic E-state index is 0.0195. The van der Waals surface area contributed by atoms with E-state index in [0.717, 1.165) is 0 Å². The van der Waals surface area contributed by atoms with Crippen molar-refractivity contribution in [2.24, 2.45) is 63.4 Å². The molecule has 23 nitrogen and oxygen atoms in total. The van der Waals surface area contributed by atoms with Gasteiger partial charge in [0.15, 0.2) is 5.96 Å². The Hall–Kier alpha value is -5.58. The maximum absolute atomic E-state index is 14.3. The maximum atomic E-state index is 14.3. The zero-order valence-corrected chi connectivity index (χ0v) is 45.2. The third-order valence-corrected chi connectivity index (χ3v) is 11.7. The van der Waals surface area contributed by atoms with Gasteiger partial charge in [-0.3, -0.25) is 43.3 Å². The number of carbonyl (C=O) groups is 9. The van der Waals surface area contributed by atoms with E-state index < -0.39 is 113 Å². The highest BCUT2D eigenvalue weighted by Gasteiger charge is 2.36. The number of hydrogen-bond acceptors (Lipinski definition) is 12. The summed E-state index contributed by atoms with van der Waals surface area (Å²) in [4.78, 5) is 126. The molecule has 72 heavy (non-hydrogen) atoms. The van der Waals surface area contributed by atoms with Gasteiger partial charge in [-0.1, -0.05) is 89.5 Å². The molecule has 0 bridgehead atoms. The lowest BCUT2D eigenvalue weighted by Gasteiger charge is -2.30. The van der Waals surface area contributed by atoms with Crippen molar-refractivity contribution in [3.63, 3.8) is 0 Å². The van der Waals surface area contributed by atoms with Crippen LogP contribution >= 0.6 is 0 Å². The molecule has 8 amide bonds. The number of aliphatic carboxylic acids is 1. The number of amides is 8. The summed E-state index contributed by atoms with van der Waals surface area (Å²) in [6.07, 6.45) is 2.56. The molecular weight excluding hydrogens is 931 g/mol. The molecule has 0 fully saturated rings. The van der Waals surface area contributed by atoms with Crippen LogP contribution in [0.4, 0.5) is 0 Å². The molecule has 23 heteroatoms. The number of carboxylic acids is 1. The highest BCUT2D eigenvalue weighted by atomic mass is 16.4. The van der Waals surface area contributed by atoms with Gasteiger partial charge in [-0.15, -0.1) is 0 Å². The molecule has 0 unspecified atom stereocenters. The Morgan fingerprint density at radius 3 is 1.14 bits per heavy atom. The molecule has 0 saturated carbocycles. The molecule has 0 spiro atoms. The number of carbonyl (C=O) groups excluding carboxylic acids is 8. The van der Waals surface area contributed by atoms with Gasteiger partial charge in [-0.2, -0.15) is 0 Å². The van der Waals surface area contributed by atoms with E-state index in [2.05, 4.69) is 47.5 Å². The minimum atomic E-state index is -1.23. The Balaban J connectivity index is 6.77. The molecule has 0 aromatic heterocycles. The normalized spacial score (nSPS) is 15.2. The monoisotopic (exact) mass is 1020 g/mol. The van der Waals surface area contributed by atoms with E-state index in [1.807, 2.05) is 62.3 Å². The predicted molar refractivity (Wildman–Crippen MR) is 277 cm³/mol. The van der Waals surface area contributed by atoms with Crippen molar-refractivity contribution < 1.29 is 48.3 Å². The molecule has 0 rings (SSSR count). The lowest BCUT2D eigenvalue weighted by molar-refractivity contribution is -0.143. The highest BCUT2D eigenvalue weighted by Crippen LogP contribution is 2.16. The molecule has 0 aliphatic heterocycles. The zero-order chi connectivity index (χ0) is 55.4. The van der Waals surface area contributed by atoms with E-state index >= 15 is 0 Å². The molecule has 0 aliphatic carbocycles. The number of carboxylic acid groups (broad SMARTS) is 1. The van der Waals surface area contributed by atoms with E-state index in [1.54, 1.807) is 20.8 Å². The topological polar surface area (TPSA) is 387 Å². The Labute approximate surface area is 427 Å². The fourth-order valence-corrected chi connectivity index (χ4v) is 7.67. The van der Waals surface area contributed by atoms with E-state index in [-0.39, 0.29) is 87.7 Å². The molecule has 0 saturated heterocycles. The summed E-state index contributed by atoms with van der Waals surface area (Å²) in [5, 5.41) is 31.5. The zero-order valence-electron chi connectivity index (χ0n) is 45.2. The standard InChI is InChI=1S/C49H93N13O10/c1-13-31(12)40(62-42(65)33(18-16-20-54-49(52)53)57-43(66)34(21-26(2)3)55-38(63)25-51)47(70)60-37(24-29(8)9)46(69)59-36(23-28(6)7)45(68)58-35(22-27(4)5)44(67)56-32(17-14-15-19-50)41(64)61-39(30(10)11)48(71)72/h26-37,39-40H,13-25,50-51H2,1-12H3,(H,55,63)(H,56,67)(H,57,66)(H,58,68)(H,59,69)(H,60,70)(H,61,64)(H,62,65)(H,71,72)(H4,52,53,54)/t31-,32-,33-,34-,35-,36-,37-,39-,40-/m0/s1. The smallest absolute Gasteiger partial charge is 0.326 e. The van der Waals surface area contributed by atoms with Gasteiger partial charge >= 0.3 is 5.97 Å². The average Bonchev–Trinajstić information content (AvgIpc) is 3.27. The predicted octanol–water partition coefficient (Wildman–Crippen LogP) is -0.0228. The summed E-state index contributed by atoms with van der Waals surface area (Å²) < 4.78 is 0. The number of nitrogens with one attached hydrogen (secondary N) is 8. The summed E-state index contributed by atoms with van der Waals surface area (Å²) in [5.74, 6) is -8.06. The van der Waals surface area contributed by atoms with Gasteiger partial charge in [-0.05, 0) is 99.8 Å². The number of guanidine groups is 1. The number of nitrogens with two attached hydrogens (primary N) is 4. The third kappa shape index (κ3) is 26.7. The first-order valence-corrected chi connectivity index (χ1v) is 25.7. The second-order valence-electron chi connectivity index (χ2n) is 20.8. The van der Waals surface area contributed by atoms with Gasteiger partial charge in [0.2, 0.25) is 47.3 Å². The van der Waals surface area contributed by atoms with Crippen LogP contribution < -0.4 is 65.5 Å². The average molecular weight is 1020 g/mol. The van der Waals surface area contributed by atoms with Crippen LogP contribution in [0, 0.1) is 35.5 Å². The lowest BCUT2D eigenvalue weighted by atomic mass is 9.95. The van der Waals surface area contributed by atoms with Crippen LogP contribution in [-0.2, 0) is 43.2 Å². The van der Waals surface area contributed by atoms with Gasteiger partial charge in [0.05, 0.1) is 6.54 Å². The van der Waals surface area contributed by atoms with Crippen molar-refractivity contribution in [2.75, 3.05) is 19.6 Å². The van der Waals surface area contributed by atoms with Gasteiger partial charge in [0, 0.05) is 6.54 Å². The van der Waals surface area contributed by atoms with Crippen LogP contribution in [0.2, 0.25) is 0 Å². The first-order chi connectivity index (χ1) is 33.6. The van der Waals surface area contributed by atoms with Gasteiger partial charge in [0.25, 0.3) is 0 Å². The molecule has 17 N–H and O–H groups in total. The van der Waals surface area contributed by atoms with E-state index in [0.29, 0.717) is 25.8 Å². The number of hydrogen-bond donors (Lipinski definition) is 13. The van der Waals surface area contributed by atoms with Crippen LogP contribution in [0.1, 0.15) is 147 Å². The quantitative estimate of drug-likeness (QED) is 0.0223. The molecule has 414 valence electrons. The number of rotatable bonds is 36. The van der Waals surface area contributed by atoms with Crippen molar-refractivity contribution in [1.82, 2.24) is 42.5 Å². The van der Waals surface area contributed by atoms with E-state index in [4.69, 9.17) is 22.9 Å². The van der Waals surface area contributed by atoms with Crippen LogP contribution in [-0.4, -0.2) is 132 Å². The Morgan fingerprint density at radius 1 is 0.458 bits per heavy atom. The summed E-state index contributed by atoms with van der Waals surface area (Å²) in [7, 11) is 0. The number of nitrogens with zero attached hydrogens (tertiary/aromatic N) is 1. The summed E-state index contributed by atoms with van der Waals surface area (Å²) >= 11 is 0.